The van der Waals surface area contributed by atoms with E-state index in [2.05, 4.69) is 4.98 Å². The molecule has 0 aromatic carbocycles. The second kappa shape index (κ2) is 5.21. The van der Waals surface area contributed by atoms with Gasteiger partial charge in [-0.25, -0.2) is 13.8 Å². The summed E-state index contributed by atoms with van der Waals surface area (Å²) in [6.07, 6.45) is -1.48. The lowest BCUT2D eigenvalue weighted by Crippen LogP contribution is -2.02. The number of pyridine rings is 1. The molecule has 0 aliphatic rings. The molecule has 80 valence electrons. The molecule has 15 heavy (non-hydrogen) atoms. The van der Waals surface area contributed by atoms with E-state index in [4.69, 9.17) is 10.00 Å². The van der Waals surface area contributed by atoms with E-state index < -0.39 is 6.43 Å². The monoisotopic (exact) mass is 324 g/mol. The van der Waals surface area contributed by atoms with Crippen LogP contribution in [0.1, 0.15) is 17.6 Å². The van der Waals surface area contributed by atoms with Crippen molar-refractivity contribution in [3.05, 3.63) is 21.0 Å². The van der Waals surface area contributed by atoms with Crippen LogP contribution in [0.4, 0.5) is 8.78 Å². The first-order valence-corrected chi connectivity index (χ1v) is 5.06. The Morgan fingerprint density at radius 3 is 2.80 bits per heavy atom. The van der Waals surface area contributed by atoms with Crippen LogP contribution in [0, 0.1) is 15.0 Å². The molecule has 0 aliphatic heterocycles. The molecule has 1 aromatic rings. The van der Waals surface area contributed by atoms with Gasteiger partial charge in [0.2, 0.25) is 0 Å². The summed E-state index contributed by atoms with van der Waals surface area (Å²) < 4.78 is 30.7. The number of alkyl halides is 2. The van der Waals surface area contributed by atoms with Gasteiger partial charge < -0.3 is 4.74 Å². The van der Waals surface area contributed by atoms with E-state index in [9.17, 15) is 8.78 Å². The van der Waals surface area contributed by atoms with E-state index in [-0.39, 0.29) is 23.3 Å². The largest absolute Gasteiger partial charge is 0.493 e. The van der Waals surface area contributed by atoms with Gasteiger partial charge in [0.25, 0.3) is 6.43 Å². The zero-order valence-corrected chi connectivity index (χ0v) is 9.96. The molecule has 0 saturated carbocycles. The van der Waals surface area contributed by atoms with Crippen LogP contribution in [0.25, 0.3) is 0 Å². The maximum Gasteiger partial charge on any atom is 0.267 e. The summed E-state index contributed by atoms with van der Waals surface area (Å²) >= 11 is 1.81. The van der Waals surface area contributed by atoms with Gasteiger partial charge in [-0.05, 0) is 28.2 Å². The number of aromatic nitrogens is 1. The van der Waals surface area contributed by atoms with Crippen molar-refractivity contribution in [2.45, 2.75) is 12.8 Å². The predicted molar refractivity (Wildman–Crippen MR) is 57.8 cm³/mol. The summed E-state index contributed by atoms with van der Waals surface area (Å²) in [6.45, 7) is 0. The first kappa shape index (κ1) is 12.1. The Labute approximate surface area is 99.2 Å². The molecule has 6 heteroatoms. The van der Waals surface area contributed by atoms with Crippen LogP contribution in [-0.2, 0) is 6.42 Å². The molecular formula is C9H7F2IN2O. The van der Waals surface area contributed by atoms with Gasteiger partial charge in [0.1, 0.15) is 3.70 Å². The van der Waals surface area contributed by atoms with Crippen LogP contribution >= 0.6 is 22.6 Å². The Balaban J connectivity index is 3.36. The molecule has 0 bridgehead atoms. The number of nitriles is 1. The fourth-order valence-electron chi connectivity index (χ4n) is 1.18. The molecule has 1 rings (SSSR count). The lowest BCUT2D eigenvalue weighted by molar-refractivity contribution is 0.145. The topological polar surface area (TPSA) is 45.9 Å². The number of hydrogen-bond acceptors (Lipinski definition) is 3. The van der Waals surface area contributed by atoms with E-state index in [1.807, 2.05) is 28.7 Å². The fourth-order valence-corrected chi connectivity index (χ4v) is 1.83. The van der Waals surface area contributed by atoms with E-state index in [0.717, 1.165) is 0 Å². The number of ether oxygens (including phenoxy) is 1. The summed E-state index contributed by atoms with van der Waals surface area (Å²) in [4.78, 5) is 3.89. The highest BCUT2D eigenvalue weighted by molar-refractivity contribution is 14.1. The van der Waals surface area contributed by atoms with E-state index >= 15 is 0 Å². The van der Waals surface area contributed by atoms with Crippen LogP contribution < -0.4 is 4.74 Å². The van der Waals surface area contributed by atoms with Crippen LogP contribution in [0.5, 0.6) is 5.75 Å². The van der Waals surface area contributed by atoms with Crippen molar-refractivity contribution in [1.82, 2.24) is 4.98 Å². The van der Waals surface area contributed by atoms with Gasteiger partial charge in [-0.1, -0.05) is 0 Å². The highest BCUT2D eigenvalue weighted by Crippen LogP contribution is 2.34. The summed E-state index contributed by atoms with van der Waals surface area (Å²) in [7, 11) is 1.31. The predicted octanol–water partition coefficient (Wildman–Crippen LogP) is 2.70. The van der Waals surface area contributed by atoms with Gasteiger partial charge in [0.15, 0.2) is 5.75 Å². The third-order valence-electron chi connectivity index (χ3n) is 1.80. The van der Waals surface area contributed by atoms with Crippen LogP contribution in [0.3, 0.4) is 0 Å². The molecule has 0 saturated heterocycles. The number of nitrogens with zero attached hydrogens (tertiary/aromatic N) is 2. The third-order valence-corrected chi connectivity index (χ3v) is 2.57. The Morgan fingerprint density at radius 1 is 1.67 bits per heavy atom. The van der Waals surface area contributed by atoms with E-state index in [1.54, 1.807) is 0 Å². The molecule has 1 aromatic heterocycles. The Kier molecular flexibility index (Phi) is 4.20. The zero-order valence-electron chi connectivity index (χ0n) is 7.80. The SMILES string of the molecule is COc1c(I)ncc(CC#N)c1C(F)F. The first-order chi connectivity index (χ1) is 7.11. The average molecular weight is 324 g/mol. The quantitative estimate of drug-likeness (QED) is 0.634. The van der Waals surface area contributed by atoms with Crippen molar-refractivity contribution in [2.75, 3.05) is 7.11 Å². The smallest absolute Gasteiger partial charge is 0.267 e. The van der Waals surface area contributed by atoms with Gasteiger partial charge in [-0.2, -0.15) is 5.26 Å². The van der Waals surface area contributed by atoms with Crippen LogP contribution in [-0.4, -0.2) is 12.1 Å². The highest BCUT2D eigenvalue weighted by Gasteiger charge is 2.21. The second-order valence-corrected chi connectivity index (χ2v) is 3.68. The number of halogens is 3. The molecule has 0 aliphatic carbocycles. The van der Waals surface area contributed by atoms with Crippen molar-refractivity contribution in [3.8, 4) is 11.8 Å². The number of hydrogen-bond donors (Lipinski definition) is 0. The summed E-state index contributed by atoms with van der Waals surface area (Å²) in [6, 6.07) is 1.82. The van der Waals surface area contributed by atoms with Gasteiger partial charge in [0.05, 0.1) is 25.2 Å². The normalized spacial score (nSPS) is 10.1. The molecule has 0 spiro atoms. The molecule has 0 radical (unpaired) electrons. The van der Waals surface area contributed by atoms with Crippen molar-refractivity contribution >= 4 is 22.6 Å². The van der Waals surface area contributed by atoms with Crippen LogP contribution in [0.15, 0.2) is 6.20 Å². The molecular weight excluding hydrogens is 317 g/mol. The number of rotatable bonds is 3. The lowest BCUT2D eigenvalue weighted by atomic mass is 10.1. The molecule has 1 heterocycles. The second-order valence-electron chi connectivity index (χ2n) is 2.66. The zero-order chi connectivity index (χ0) is 11.4. The first-order valence-electron chi connectivity index (χ1n) is 3.98. The molecule has 0 amide bonds. The molecule has 0 N–H and O–H groups in total. The van der Waals surface area contributed by atoms with Crippen molar-refractivity contribution < 1.29 is 13.5 Å². The van der Waals surface area contributed by atoms with Crippen LogP contribution in [0.2, 0.25) is 0 Å². The number of methoxy groups -OCH3 is 1. The van der Waals surface area contributed by atoms with Crippen molar-refractivity contribution in [3.63, 3.8) is 0 Å². The maximum atomic E-state index is 12.8. The van der Waals surface area contributed by atoms with Gasteiger partial charge in [0, 0.05) is 6.20 Å². The molecule has 3 nitrogen and oxygen atoms in total. The standard InChI is InChI=1S/C9H7F2IN2O/c1-15-7-6(8(10)11)5(2-3-13)4-14-9(7)12/h4,8H,2H2,1H3. The van der Waals surface area contributed by atoms with Crippen molar-refractivity contribution in [1.29, 1.82) is 5.26 Å². The highest BCUT2D eigenvalue weighted by atomic mass is 127. The minimum absolute atomic E-state index is 0.0540. The Morgan fingerprint density at radius 2 is 2.33 bits per heavy atom. The van der Waals surface area contributed by atoms with Gasteiger partial charge in [-0.15, -0.1) is 0 Å². The average Bonchev–Trinajstić information content (AvgIpc) is 2.20. The third kappa shape index (κ3) is 2.53. The minimum atomic E-state index is -2.67. The molecule has 0 fully saturated rings. The minimum Gasteiger partial charge on any atom is -0.493 e. The van der Waals surface area contributed by atoms with Crippen molar-refractivity contribution in [2.24, 2.45) is 0 Å². The Bertz CT molecular complexity index is 404. The molecule has 0 unspecified atom stereocenters. The van der Waals surface area contributed by atoms with Gasteiger partial charge in [-0.3, -0.25) is 0 Å². The summed E-state index contributed by atoms with van der Waals surface area (Å²) in [5.74, 6) is 0.0540. The van der Waals surface area contributed by atoms with E-state index in [1.165, 1.54) is 13.3 Å². The Hall–Kier alpha value is -0.970. The van der Waals surface area contributed by atoms with E-state index in [0.29, 0.717) is 3.70 Å². The summed E-state index contributed by atoms with van der Waals surface area (Å²) in [5.41, 5.74) is -0.0248. The van der Waals surface area contributed by atoms with Gasteiger partial charge >= 0.3 is 0 Å². The fraction of sp³-hybridized carbons (Fsp3) is 0.333. The maximum absolute atomic E-state index is 12.8. The lowest BCUT2D eigenvalue weighted by Gasteiger charge is -2.12. The summed E-state index contributed by atoms with van der Waals surface area (Å²) in [5, 5.41) is 8.49. The molecule has 0 atom stereocenters.